The van der Waals surface area contributed by atoms with Crippen LogP contribution < -0.4 is 5.32 Å². The Morgan fingerprint density at radius 3 is 2.79 bits per heavy atom. The second-order valence-corrected chi connectivity index (χ2v) is 3.08. The predicted molar refractivity (Wildman–Crippen MR) is 45.9 cm³/mol. The van der Waals surface area contributed by atoms with Crippen LogP contribution in [-0.4, -0.2) is 43.5 Å². The molecule has 0 saturated carbocycles. The van der Waals surface area contributed by atoms with Crippen molar-refractivity contribution in [2.24, 2.45) is 5.92 Å². The lowest BCUT2D eigenvalue weighted by Crippen LogP contribution is -2.46. The van der Waals surface area contributed by atoms with Crippen LogP contribution in [-0.2, 0) is 14.3 Å². The van der Waals surface area contributed by atoms with Crippen molar-refractivity contribution in [1.82, 2.24) is 5.32 Å². The molecule has 1 saturated heterocycles. The number of nitrogens with one attached hydrogen (secondary N) is 1. The molecule has 0 radical (unpaired) electrons. The fourth-order valence-corrected chi connectivity index (χ4v) is 1.38. The summed E-state index contributed by atoms with van der Waals surface area (Å²) in [6, 6.07) is -0.926. The minimum Gasteiger partial charge on any atom is -0.480 e. The SMILES string of the molecule is COC(=O)NC(C(=O)O)C1CCOC1. The number of aliphatic carboxylic acids is 1. The van der Waals surface area contributed by atoms with Crippen molar-refractivity contribution in [2.75, 3.05) is 20.3 Å². The van der Waals surface area contributed by atoms with Crippen LogP contribution in [0.2, 0.25) is 0 Å². The third-order valence-electron chi connectivity index (χ3n) is 2.16. The van der Waals surface area contributed by atoms with Gasteiger partial charge in [0.2, 0.25) is 0 Å². The summed E-state index contributed by atoms with van der Waals surface area (Å²) >= 11 is 0. The summed E-state index contributed by atoms with van der Waals surface area (Å²) in [4.78, 5) is 21.7. The number of alkyl carbamates (subject to hydrolysis) is 1. The van der Waals surface area contributed by atoms with E-state index in [-0.39, 0.29) is 5.92 Å². The highest BCUT2D eigenvalue weighted by Gasteiger charge is 2.32. The fourth-order valence-electron chi connectivity index (χ4n) is 1.38. The Morgan fingerprint density at radius 2 is 2.36 bits per heavy atom. The molecule has 0 aromatic rings. The van der Waals surface area contributed by atoms with Gasteiger partial charge < -0.3 is 19.9 Å². The van der Waals surface area contributed by atoms with Gasteiger partial charge in [0, 0.05) is 12.5 Å². The highest BCUT2D eigenvalue weighted by atomic mass is 16.5. The summed E-state index contributed by atoms with van der Waals surface area (Å²) in [5.74, 6) is -1.24. The molecule has 6 heteroatoms. The molecular formula is C8H13NO5. The molecule has 1 amide bonds. The van der Waals surface area contributed by atoms with Gasteiger partial charge in [0.1, 0.15) is 6.04 Å². The first-order chi connectivity index (χ1) is 6.65. The van der Waals surface area contributed by atoms with E-state index in [1.54, 1.807) is 0 Å². The molecule has 0 spiro atoms. The fraction of sp³-hybridized carbons (Fsp3) is 0.750. The van der Waals surface area contributed by atoms with Gasteiger partial charge in [0.25, 0.3) is 0 Å². The minimum absolute atomic E-state index is 0.174. The minimum atomic E-state index is -1.06. The molecule has 2 atom stereocenters. The van der Waals surface area contributed by atoms with Gasteiger partial charge in [-0.25, -0.2) is 9.59 Å². The Labute approximate surface area is 81.2 Å². The maximum atomic E-state index is 10.8. The van der Waals surface area contributed by atoms with Crippen LogP contribution >= 0.6 is 0 Å². The maximum absolute atomic E-state index is 10.8. The average Bonchev–Trinajstić information content (AvgIpc) is 2.65. The first-order valence-corrected chi connectivity index (χ1v) is 4.30. The number of methoxy groups -OCH3 is 1. The number of carbonyl (C=O) groups excluding carboxylic acids is 1. The van der Waals surface area contributed by atoms with Gasteiger partial charge >= 0.3 is 12.1 Å². The quantitative estimate of drug-likeness (QED) is 0.665. The summed E-state index contributed by atoms with van der Waals surface area (Å²) in [7, 11) is 1.19. The Bertz CT molecular complexity index is 224. The van der Waals surface area contributed by atoms with Gasteiger partial charge in [-0.1, -0.05) is 0 Å². The zero-order chi connectivity index (χ0) is 10.6. The van der Waals surface area contributed by atoms with Crippen LogP contribution in [0.4, 0.5) is 4.79 Å². The Hall–Kier alpha value is -1.30. The molecule has 2 unspecified atom stereocenters. The molecule has 0 bridgehead atoms. The second-order valence-electron chi connectivity index (χ2n) is 3.08. The summed E-state index contributed by atoms with van der Waals surface area (Å²) in [5.41, 5.74) is 0. The maximum Gasteiger partial charge on any atom is 0.407 e. The molecule has 1 rings (SSSR count). The van der Waals surface area contributed by atoms with Crippen molar-refractivity contribution >= 4 is 12.1 Å². The molecule has 0 aromatic heterocycles. The summed E-state index contributed by atoms with van der Waals surface area (Å²) in [5, 5.41) is 11.1. The highest BCUT2D eigenvalue weighted by Crippen LogP contribution is 2.16. The molecule has 2 N–H and O–H groups in total. The summed E-state index contributed by atoms with van der Waals surface area (Å²) in [6.07, 6.45) is -0.0923. The van der Waals surface area contributed by atoms with Crippen molar-refractivity contribution in [3.8, 4) is 0 Å². The molecule has 1 fully saturated rings. The average molecular weight is 203 g/mol. The van der Waals surface area contributed by atoms with Crippen LogP contribution in [0.15, 0.2) is 0 Å². The van der Waals surface area contributed by atoms with E-state index >= 15 is 0 Å². The molecule has 6 nitrogen and oxygen atoms in total. The van der Waals surface area contributed by atoms with E-state index in [4.69, 9.17) is 9.84 Å². The van der Waals surface area contributed by atoms with E-state index in [0.29, 0.717) is 19.6 Å². The second kappa shape index (κ2) is 4.80. The van der Waals surface area contributed by atoms with Gasteiger partial charge in [-0.3, -0.25) is 0 Å². The monoisotopic (exact) mass is 203 g/mol. The Morgan fingerprint density at radius 1 is 1.64 bits per heavy atom. The number of carboxylic acid groups (broad SMARTS) is 1. The molecule has 14 heavy (non-hydrogen) atoms. The van der Waals surface area contributed by atoms with Crippen molar-refractivity contribution in [3.05, 3.63) is 0 Å². The normalized spacial score (nSPS) is 22.8. The van der Waals surface area contributed by atoms with Crippen LogP contribution in [0.1, 0.15) is 6.42 Å². The number of carboxylic acids is 1. The largest absolute Gasteiger partial charge is 0.480 e. The zero-order valence-electron chi connectivity index (χ0n) is 7.86. The summed E-state index contributed by atoms with van der Waals surface area (Å²) in [6.45, 7) is 0.901. The number of hydrogen-bond acceptors (Lipinski definition) is 4. The molecule has 0 aromatic carbocycles. The molecule has 80 valence electrons. The smallest absolute Gasteiger partial charge is 0.407 e. The van der Waals surface area contributed by atoms with Gasteiger partial charge in [0.05, 0.1) is 13.7 Å². The van der Waals surface area contributed by atoms with Crippen LogP contribution in [0.3, 0.4) is 0 Å². The lowest BCUT2D eigenvalue weighted by atomic mass is 9.99. The van der Waals surface area contributed by atoms with Crippen molar-refractivity contribution in [2.45, 2.75) is 12.5 Å². The first kappa shape index (κ1) is 10.8. The summed E-state index contributed by atoms with van der Waals surface area (Å²) < 4.78 is 9.38. The van der Waals surface area contributed by atoms with Crippen LogP contribution in [0.25, 0.3) is 0 Å². The van der Waals surface area contributed by atoms with Gasteiger partial charge in [-0.2, -0.15) is 0 Å². The predicted octanol–water partition coefficient (Wildman–Crippen LogP) is -0.168. The lowest BCUT2D eigenvalue weighted by Gasteiger charge is -2.18. The number of ether oxygens (including phenoxy) is 2. The van der Waals surface area contributed by atoms with Gasteiger partial charge in [0.15, 0.2) is 0 Å². The van der Waals surface area contributed by atoms with Crippen LogP contribution in [0, 0.1) is 5.92 Å². The topological polar surface area (TPSA) is 84.9 Å². The lowest BCUT2D eigenvalue weighted by molar-refractivity contribution is -0.140. The Balaban J connectivity index is 2.54. The number of rotatable bonds is 3. The Kier molecular flexibility index (Phi) is 3.70. The van der Waals surface area contributed by atoms with E-state index in [2.05, 4.69) is 10.1 Å². The number of carbonyl (C=O) groups is 2. The van der Waals surface area contributed by atoms with Gasteiger partial charge in [-0.15, -0.1) is 0 Å². The van der Waals surface area contributed by atoms with E-state index < -0.39 is 18.1 Å². The van der Waals surface area contributed by atoms with Crippen molar-refractivity contribution in [1.29, 1.82) is 0 Å². The van der Waals surface area contributed by atoms with Gasteiger partial charge in [-0.05, 0) is 6.42 Å². The third-order valence-corrected chi connectivity index (χ3v) is 2.16. The van der Waals surface area contributed by atoms with E-state index in [1.807, 2.05) is 0 Å². The van der Waals surface area contributed by atoms with E-state index in [0.717, 1.165) is 0 Å². The standard InChI is InChI=1S/C8H13NO5/c1-13-8(12)9-6(7(10)11)5-2-3-14-4-5/h5-6H,2-4H2,1H3,(H,9,12)(H,10,11). The molecule has 1 heterocycles. The molecular weight excluding hydrogens is 190 g/mol. The molecule has 1 aliphatic heterocycles. The number of hydrogen-bond donors (Lipinski definition) is 2. The van der Waals surface area contributed by atoms with Crippen LogP contribution in [0.5, 0.6) is 0 Å². The van der Waals surface area contributed by atoms with E-state index in [1.165, 1.54) is 7.11 Å². The number of amides is 1. The van der Waals surface area contributed by atoms with Crippen molar-refractivity contribution in [3.63, 3.8) is 0 Å². The first-order valence-electron chi connectivity index (χ1n) is 4.30. The highest BCUT2D eigenvalue weighted by molar-refractivity contribution is 5.80. The third kappa shape index (κ3) is 2.59. The molecule has 0 aliphatic carbocycles. The van der Waals surface area contributed by atoms with E-state index in [9.17, 15) is 9.59 Å². The van der Waals surface area contributed by atoms with Crippen molar-refractivity contribution < 1.29 is 24.2 Å². The zero-order valence-corrected chi connectivity index (χ0v) is 7.86. The molecule has 1 aliphatic rings.